The summed E-state index contributed by atoms with van der Waals surface area (Å²) < 4.78 is 38.4. The summed E-state index contributed by atoms with van der Waals surface area (Å²) in [6.45, 7) is 6.19. The number of nitrogens with zero attached hydrogens (tertiary/aromatic N) is 1. The number of ether oxygens (including phenoxy) is 2. The highest BCUT2D eigenvalue weighted by atomic mass is 79.9. The molecule has 0 spiro atoms. The summed E-state index contributed by atoms with van der Waals surface area (Å²) in [6.07, 6.45) is -0.373. The lowest BCUT2D eigenvalue weighted by Gasteiger charge is -2.49. The number of likely N-dealkylation sites (tertiary alicyclic amines) is 1. The smallest absolute Gasteiger partial charge is 0.479 e. The molecule has 0 N–H and O–H groups in total. The molecule has 0 atom stereocenters. The van der Waals surface area contributed by atoms with Gasteiger partial charge in [0.05, 0.1) is 13.1 Å². The number of para-hydroxylation sites is 1. The van der Waals surface area contributed by atoms with Crippen molar-refractivity contribution in [2.45, 2.75) is 32.0 Å². The van der Waals surface area contributed by atoms with Gasteiger partial charge in [-0.3, -0.25) is 17.8 Å². The predicted octanol–water partition coefficient (Wildman–Crippen LogP) is 5.82. The van der Waals surface area contributed by atoms with Crippen molar-refractivity contribution in [3.63, 3.8) is 0 Å². The van der Waals surface area contributed by atoms with Crippen molar-refractivity contribution in [2.75, 3.05) is 13.1 Å². The van der Waals surface area contributed by atoms with Crippen molar-refractivity contribution in [3.8, 4) is 5.75 Å². The third-order valence-electron chi connectivity index (χ3n) is 5.04. The van der Waals surface area contributed by atoms with E-state index >= 15 is 0 Å². The second-order valence-corrected chi connectivity index (χ2v) is 11.8. The van der Waals surface area contributed by atoms with Crippen molar-refractivity contribution in [2.24, 2.45) is 0 Å². The molecule has 4 nitrogen and oxygen atoms in total. The van der Waals surface area contributed by atoms with Crippen LogP contribution < -0.4 is 8.43 Å². The van der Waals surface area contributed by atoms with Crippen molar-refractivity contribution in [1.82, 2.24) is 4.90 Å². The molecular formula is C26H26BrF2MgNO3. The molecule has 3 aromatic rings. The Labute approximate surface area is 214 Å². The molecule has 1 amide bonds. The van der Waals surface area contributed by atoms with Gasteiger partial charge in [0.2, 0.25) is 0 Å². The van der Waals surface area contributed by atoms with Gasteiger partial charge >= 0.3 is 24.3 Å². The molecule has 0 bridgehead atoms. The van der Waals surface area contributed by atoms with E-state index in [1.807, 2.05) is 63.2 Å². The number of carbonyl (C=O) groups excluding carboxylic acids is 1. The zero-order chi connectivity index (χ0) is 24.8. The molecule has 1 saturated heterocycles. The fourth-order valence-electron chi connectivity index (χ4n) is 3.37. The number of carbonyl (C=O) groups is 1. The van der Waals surface area contributed by atoms with Crippen molar-refractivity contribution >= 4 is 40.9 Å². The molecule has 4 rings (SSSR count). The van der Waals surface area contributed by atoms with Gasteiger partial charge in [-0.15, -0.1) is 0 Å². The van der Waals surface area contributed by atoms with E-state index in [0.717, 1.165) is 5.56 Å². The zero-order valence-electron chi connectivity index (χ0n) is 19.4. The Kier molecular flexibility index (Phi) is 8.95. The lowest BCUT2D eigenvalue weighted by Crippen LogP contribution is -2.64. The van der Waals surface area contributed by atoms with Crippen LogP contribution in [0.2, 0.25) is 0 Å². The minimum atomic E-state index is -0.702. The topological polar surface area (TPSA) is 38.8 Å². The highest BCUT2D eigenvalue weighted by Gasteiger charge is 2.50. The fourth-order valence-corrected chi connectivity index (χ4v) is 4.91. The van der Waals surface area contributed by atoms with Crippen LogP contribution in [0.15, 0.2) is 78.9 Å². The average Bonchev–Trinajstić information content (AvgIpc) is 2.77. The second kappa shape index (κ2) is 11.5. The van der Waals surface area contributed by atoms with Gasteiger partial charge in [0.1, 0.15) is 23.0 Å². The Morgan fingerprint density at radius 3 is 1.94 bits per heavy atom. The van der Waals surface area contributed by atoms with Gasteiger partial charge in [-0.05, 0) is 62.7 Å². The fraction of sp³-hybridized carbons (Fsp3) is 0.269. The molecule has 0 aliphatic carbocycles. The largest absolute Gasteiger partial charge is 0.506 e. The third-order valence-corrected chi connectivity index (χ3v) is 7.76. The van der Waals surface area contributed by atoms with E-state index in [0.29, 0.717) is 18.8 Å². The van der Waals surface area contributed by atoms with Crippen LogP contribution in [-0.2, 0) is 10.3 Å². The van der Waals surface area contributed by atoms with E-state index in [9.17, 15) is 13.6 Å². The van der Waals surface area contributed by atoms with E-state index in [1.165, 1.54) is 28.0 Å². The molecule has 176 valence electrons. The minimum absolute atomic E-state index is 0.159. The Bertz CT molecular complexity index is 1070. The number of hydrogen-bond acceptors (Lipinski definition) is 3. The predicted molar refractivity (Wildman–Crippen MR) is 134 cm³/mol. The number of halogens is 3. The third kappa shape index (κ3) is 7.42. The minimum Gasteiger partial charge on any atom is -0.479 e. The lowest BCUT2D eigenvalue weighted by molar-refractivity contribution is -0.0863. The first-order chi connectivity index (χ1) is 16.1. The zero-order valence-corrected chi connectivity index (χ0v) is 22.4. The summed E-state index contributed by atoms with van der Waals surface area (Å²) in [5, 5.41) is 0. The molecule has 1 aliphatic rings. The average molecular weight is 543 g/mol. The van der Waals surface area contributed by atoms with Gasteiger partial charge in [-0.25, -0.2) is 13.6 Å². The number of benzene rings is 3. The van der Waals surface area contributed by atoms with Gasteiger partial charge < -0.3 is 9.47 Å². The maximum atomic E-state index is 13.3. The molecule has 1 aliphatic heterocycles. The summed E-state index contributed by atoms with van der Waals surface area (Å²) in [7, 11) is 0. The molecule has 34 heavy (non-hydrogen) atoms. The van der Waals surface area contributed by atoms with Crippen LogP contribution in [0.25, 0.3) is 0 Å². The van der Waals surface area contributed by atoms with Crippen LogP contribution in [0, 0.1) is 11.6 Å². The Hall–Kier alpha value is -2.16. The van der Waals surface area contributed by atoms with Gasteiger partial charge in [-0.2, -0.15) is 3.69 Å². The van der Waals surface area contributed by atoms with E-state index in [-0.39, 0.29) is 35.9 Å². The molecule has 1 heterocycles. The van der Waals surface area contributed by atoms with E-state index in [1.54, 1.807) is 17.0 Å². The highest BCUT2D eigenvalue weighted by molar-refractivity contribution is 9.23. The molecule has 0 unspecified atom stereocenters. The Morgan fingerprint density at radius 2 is 1.44 bits per heavy atom. The molecule has 0 saturated carbocycles. The van der Waals surface area contributed by atoms with E-state index in [2.05, 4.69) is 12.9 Å². The van der Waals surface area contributed by atoms with Crippen molar-refractivity contribution in [3.05, 3.63) is 96.1 Å². The van der Waals surface area contributed by atoms with Crippen LogP contribution in [0.1, 0.15) is 26.3 Å². The van der Waals surface area contributed by atoms with Crippen molar-refractivity contribution in [1.29, 1.82) is 0 Å². The number of rotatable bonds is 4. The monoisotopic (exact) mass is 541 g/mol. The van der Waals surface area contributed by atoms with E-state index in [4.69, 9.17) is 9.47 Å². The SMILES string of the molecule is CC(C)(C)OC(=O)N1CC(Oc2ccccc2)(c2ccc(F)cc2)C1.Fc1cc[c]([Mg][Br])cc1. The Balaban J connectivity index is 0.000000302. The van der Waals surface area contributed by atoms with Gasteiger partial charge in [0.25, 0.3) is 0 Å². The molecule has 3 aromatic carbocycles. The first-order valence-corrected chi connectivity index (χ1v) is 15.5. The van der Waals surface area contributed by atoms with Crippen LogP contribution in [0.3, 0.4) is 0 Å². The summed E-state index contributed by atoms with van der Waals surface area (Å²) in [6, 6.07) is 22.2. The summed E-state index contributed by atoms with van der Waals surface area (Å²) in [5.41, 5.74) is -0.421. The molecular weight excluding hydrogens is 516 g/mol. The quantitative estimate of drug-likeness (QED) is 0.390. The summed E-state index contributed by atoms with van der Waals surface area (Å²) in [4.78, 5) is 13.8. The van der Waals surface area contributed by atoms with E-state index < -0.39 is 11.2 Å². The first-order valence-electron chi connectivity index (χ1n) is 10.9. The van der Waals surface area contributed by atoms with Crippen molar-refractivity contribution < 1.29 is 23.0 Å². The standard InChI is InChI=1S/C20H22FNO3.C6H4F.BrH.Mg/c1-19(2,3)25-18(23)22-13-20(14-22,15-9-11-16(21)12-10-15)24-17-7-5-4-6-8-17;7-6-4-2-1-3-5-6;;/h4-12H,13-14H2,1-3H3;2-5H;1H;/q;;;+1/p-1. The van der Waals surface area contributed by atoms with Gasteiger partial charge in [0.15, 0.2) is 5.60 Å². The maximum absolute atomic E-state index is 13.3. The normalized spacial score (nSPS) is 14.1. The second-order valence-electron chi connectivity index (χ2n) is 9.01. The van der Waals surface area contributed by atoms with Crippen LogP contribution >= 0.6 is 12.9 Å². The van der Waals surface area contributed by atoms with Crippen LogP contribution in [-0.4, -0.2) is 47.9 Å². The lowest BCUT2D eigenvalue weighted by atomic mass is 9.86. The molecule has 0 aromatic heterocycles. The summed E-state index contributed by atoms with van der Waals surface area (Å²) in [5.74, 6) is 0.242. The molecule has 8 heteroatoms. The highest BCUT2D eigenvalue weighted by Crippen LogP contribution is 2.37. The van der Waals surface area contributed by atoms with Gasteiger partial charge in [0, 0.05) is 0 Å². The van der Waals surface area contributed by atoms with Crippen LogP contribution in [0.5, 0.6) is 5.75 Å². The first kappa shape index (κ1) is 26.4. The van der Waals surface area contributed by atoms with Crippen LogP contribution in [0.4, 0.5) is 13.6 Å². The number of amides is 1. The molecule has 0 radical (unpaired) electrons. The molecule has 1 fully saturated rings. The number of hydrogen-bond donors (Lipinski definition) is 0. The van der Waals surface area contributed by atoms with Gasteiger partial charge in [-0.1, -0.05) is 42.5 Å². The Morgan fingerprint density at radius 1 is 0.912 bits per heavy atom. The maximum Gasteiger partial charge on any atom is 0.506 e. The summed E-state index contributed by atoms with van der Waals surface area (Å²) >= 11 is 3.12.